The third-order valence-electron chi connectivity index (χ3n) is 15.1. The van der Waals surface area contributed by atoms with Crippen molar-refractivity contribution in [3.05, 3.63) is 97.2 Å². The number of carbonyl (C=O) groups is 3. The summed E-state index contributed by atoms with van der Waals surface area (Å²) in [6.45, 7) is 6.51. The summed E-state index contributed by atoms with van der Waals surface area (Å²) in [5.41, 5.74) is 0. The number of allylic oxidation sites excluding steroid dienone is 16. The van der Waals surface area contributed by atoms with Gasteiger partial charge < -0.3 is 14.2 Å². The predicted octanol–water partition coefficient (Wildman–Crippen LogP) is 24.0. The molecule has 0 N–H and O–H groups in total. The third kappa shape index (κ3) is 67.0. The van der Waals surface area contributed by atoms with Gasteiger partial charge in [-0.25, -0.2) is 0 Å². The van der Waals surface area contributed by atoms with E-state index < -0.39 is 6.10 Å². The smallest absolute Gasteiger partial charge is 0.306 e. The Hall–Kier alpha value is -3.67. The van der Waals surface area contributed by atoms with E-state index in [1.165, 1.54) is 193 Å². The zero-order chi connectivity index (χ0) is 58.5. The molecule has 0 aliphatic rings. The van der Waals surface area contributed by atoms with Crippen molar-refractivity contribution < 1.29 is 28.6 Å². The first-order chi connectivity index (χ1) is 40.0. The Kier molecular flexibility index (Phi) is 65.7. The average Bonchev–Trinajstić information content (AvgIpc) is 3.46. The summed E-state index contributed by atoms with van der Waals surface area (Å²) in [4.78, 5) is 38.2. The average molecular weight is 1130 g/mol. The van der Waals surface area contributed by atoms with Crippen LogP contribution in [0.5, 0.6) is 0 Å². The topological polar surface area (TPSA) is 78.9 Å². The highest BCUT2D eigenvalue weighted by Gasteiger charge is 2.19. The van der Waals surface area contributed by atoms with E-state index in [9.17, 15) is 14.4 Å². The van der Waals surface area contributed by atoms with Gasteiger partial charge >= 0.3 is 17.9 Å². The minimum atomic E-state index is -0.778. The molecule has 0 amide bonds. The van der Waals surface area contributed by atoms with E-state index in [4.69, 9.17) is 14.2 Å². The molecule has 0 aromatic carbocycles. The fourth-order valence-electron chi connectivity index (χ4n) is 9.89. The van der Waals surface area contributed by atoms with E-state index in [0.29, 0.717) is 19.3 Å². The molecule has 0 spiro atoms. The molecule has 1 unspecified atom stereocenters. The van der Waals surface area contributed by atoms with Crippen molar-refractivity contribution in [2.45, 2.75) is 348 Å². The Morgan fingerprint density at radius 2 is 0.481 bits per heavy atom. The highest BCUT2D eigenvalue weighted by atomic mass is 16.6. The van der Waals surface area contributed by atoms with Crippen LogP contribution in [-0.2, 0) is 28.6 Å². The van der Waals surface area contributed by atoms with E-state index in [2.05, 4.69) is 118 Å². The highest BCUT2D eigenvalue weighted by molar-refractivity contribution is 5.71. The number of hydrogen-bond acceptors (Lipinski definition) is 6. The summed E-state index contributed by atoms with van der Waals surface area (Å²) < 4.78 is 16.9. The van der Waals surface area contributed by atoms with Crippen LogP contribution in [0.25, 0.3) is 0 Å². The standard InChI is InChI=1S/C75H130O6/c1-4-7-10-13-16-18-20-22-24-26-28-30-32-34-35-36-37-38-39-41-42-44-46-48-50-52-54-56-59-62-65-68-74(77)80-71-72(70-79-73(76)67-64-61-58-15-12-9-6-3)81-75(78)69-66-63-60-57-55-53-51-49-47-45-43-40-33-31-29-27-25-23-21-19-17-14-11-8-5-2/h7,10,16,18,22,24,27-30,34-35,37-38,41-42,72H,4-6,8-9,11-15,17,19-21,23,25-26,31-33,36,39-40,43-71H2,1-3H3/b10-7-,18-16-,24-22-,29-27-,30-28-,35-34-,38-37-,42-41-. The van der Waals surface area contributed by atoms with Crippen molar-refractivity contribution in [1.82, 2.24) is 0 Å². The van der Waals surface area contributed by atoms with Gasteiger partial charge in [0.25, 0.3) is 0 Å². The summed E-state index contributed by atoms with van der Waals surface area (Å²) in [6, 6.07) is 0. The maximum atomic E-state index is 12.9. The fourth-order valence-corrected chi connectivity index (χ4v) is 9.89. The van der Waals surface area contributed by atoms with Gasteiger partial charge in [-0.05, 0) is 103 Å². The number of hydrogen-bond donors (Lipinski definition) is 0. The second-order valence-electron chi connectivity index (χ2n) is 23.1. The molecule has 0 saturated heterocycles. The van der Waals surface area contributed by atoms with Gasteiger partial charge in [0.1, 0.15) is 13.2 Å². The van der Waals surface area contributed by atoms with Gasteiger partial charge in [0.2, 0.25) is 0 Å². The minimum Gasteiger partial charge on any atom is -0.462 e. The molecule has 81 heavy (non-hydrogen) atoms. The van der Waals surface area contributed by atoms with Crippen LogP contribution in [0.4, 0.5) is 0 Å². The van der Waals surface area contributed by atoms with E-state index in [1.54, 1.807) is 0 Å². The Bertz CT molecular complexity index is 1580. The highest BCUT2D eigenvalue weighted by Crippen LogP contribution is 2.17. The van der Waals surface area contributed by atoms with Crippen LogP contribution in [0.1, 0.15) is 342 Å². The number of carbonyl (C=O) groups excluding carboxylic acids is 3. The lowest BCUT2D eigenvalue weighted by atomic mass is 10.0. The number of unbranched alkanes of at least 4 members (excludes halogenated alkanes) is 36. The summed E-state index contributed by atoms with van der Waals surface area (Å²) in [7, 11) is 0. The molecule has 6 nitrogen and oxygen atoms in total. The van der Waals surface area contributed by atoms with E-state index in [0.717, 1.165) is 109 Å². The zero-order valence-corrected chi connectivity index (χ0v) is 53.5. The minimum absolute atomic E-state index is 0.0762. The lowest BCUT2D eigenvalue weighted by molar-refractivity contribution is -0.167. The zero-order valence-electron chi connectivity index (χ0n) is 53.5. The van der Waals surface area contributed by atoms with Crippen LogP contribution in [0, 0.1) is 0 Å². The van der Waals surface area contributed by atoms with Crippen molar-refractivity contribution in [2.75, 3.05) is 13.2 Å². The van der Waals surface area contributed by atoms with Crippen LogP contribution >= 0.6 is 0 Å². The van der Waals surface area contributed by atoms with Crippen LogP contribution in [0.3, 0.4) is 0 Å². The molecule has 0 aromatic rings. The second-order valence-corrected chi connectivity index (χ2v) is 23.1. The fraction of sp³-hybridized carbons (Fsp3) is 0.747. The molecule has 0 fully saturated rings. The van der Waals surface area contributed by atoms with Gasteiger partial charge in [-0.3, -0.25) is 14.4 Å². The Morgan fingerprint density at radius 3 is 0.765 bits per heavy atom. The van der Waals surface area contributed by atoms with E-state index >= 15 is 0 Å². The first kappa shape index (κ1) is 77.3. The molecule has 0 rings (SSSR count). The molecule has 1 atom stereocenters. The SMILES string of the molecule is CC/C=C\C/C=C\C/C=C\C/C=C\C/C=C\C/C=C\C/C=C\CCCCCCCCCCCC(=O)OCC(COC(=O)CCCCCCCCC)OC(=O)CCCCCCCCCCCCCCC/C=C\CCCCCCCCCC. The molecule has 6 heteroatoms. The number of ether oxygens (including phenoxy) is 3. The summed E-state index contributed by atoms with van der Waals surface area (Å²) >= 11 is 0. The van der Waals surface area contributed by atoms with Gasteiger partial charge in [-0.2, -0.15) is 0 Å². The normalized spacial score (nSPS) is 12.7. The first-order valence-electron chi connectivity index (χ1n) is 34.7. The molecule has 0 aromatic heterocycles. The summed E-state index contributed by atoms with van der Waals surface area (Å²) in [5, 5.41) is 0. The number of rotatable bonds is 63. The molecular weight excluding hydrogens is 997 g/mol. The lowest BCUT2D eigenvalue weighted by Gasteiger charge is -2.18. The van der Waals surface area contributed by atoms with Gasteiger partial charge in [0.05, 0.1) is 0 Å². The molecule has 466 valence electrons. The summed E-state index contributed by atoms with van der Waals surface area (Å²) in [5.74, 6) is -0.876. The molecule has 0 aliphatic heterocycles. The van der Waals surface area contributed by atoms with Crippen LogP contribution < -0.4 is 0 Å². The molecule has 0 bridgehead atoms. The number of esters is 3. The van der Waals surface area contributed by atoms with Crippen molar-refractivity contribution in [3.63, 3.8) is 0 Å². The van der Waals surface area contributed by atoms with E-state index in [1.807, 2.05) is 0 Å². The van der Waals surface area contributed by atoms with Crippen molar-refractivity contribution in [1.29, 1.82) is 0 Å². The van der Waals surface area contributed by atoms with Gasteiger partial charge in [-0.15, -0.1) is 0 Å². The second kappa shape index (κ2) is 68.8. The Balaban J connectivity index is 4.11. The monoisotopic (exact) mass is 1130 g/mol. The summed E-state index contributed by atoms with van der Waals surface area (Å²) in [6.07, 6.45) is 93.1. The first-order valence-corrected chi connectivity index (χ1v) is 34.7. The van der Waals surface area contributed by atoms with Crippen molar-refractivity contribution in [3.8, 4) is 0 Å². The molecule has 0 saturated carbocycles. The maximum absolute atomic E-state index is 12.9. The largest absolute Gasteiger partial charge is 0.462 e. The molecule has 0 heterocycles. The Morgan fingerprint density at radius 1 is 0.259 bits per heavy atom. The molecular formula is C75H130O6. The molecule has 0 aliphatic carbocycles. The van der Waals surface area contributed by atoms with Gasteiger partial charge in [0.15, 0.2) is 6.10 Å². The van der Waals surface area contributed by atoms with Crippen LogP contribution in [0.15, 0.2) is 97.2 Å². The van der Waals surface area contributed by atoms with Crippen molar-refractivity contribution >= 4 is 17.9 Å². The maximum Gasteiger partial charge on any atom is 0.306 e. The predicted molar refractivity (Wildman–Crippen MR) is 353 cm³/mol. The Labute approximate surface area is 502 Å². The van der Waals surface area contributed by atoms with Gasteiger partial charge in [-0.1, -0.05) is 317 Å². The molecule has 0 radical (unpaired) electrons. The van der Waals surface area contributed by atoms with E-state index in [-0.39, 0.29) is 31.1 Å². The van der Waals surface area contributed by atoms with Crippen LogP contribution in [-0.4, -0.2) is 37.2 Å². The van der Waals surface area contributed by atoms with Gasteiger partial charge in [0, 0.05) is 19.3 Å². The quantitative estimate of drug-likeness (QED) is 0.0261. The van der Waals surface area contributed by atoms with Crippen molar-refractivity contribution in [2.24, 2.45) is 0 Å². The third-order valence-corrected chi connectivity index (χ3v) is 15.1. The lowest BCUT2D eigenvalue weighted by Crippen LogP contribution is -2.30. The van der Waals surface area contributed by atoms with Crippen LogP contribution in [0.2, 0.25) is 0 Å².